The molecule has 1 aliphatic heterocycles. The summed E-state index contributed by atoms with van der Waals surface area (Å²) in [7, 11) is 0. The molecule has 0 radical (unpaired) electrons. The normalized spacial score (nSPS) is 21.4. The molecule has 19 heavy (non-hydrogen) atoms. The Bertz CT molecular complexity index is 576. The van der Waals surface area contributed by atoms with Crippen molar-refractivity contribution < 1.29 is 0 Å². The molecule has 3 nitrogen and oxygen atoms in total. The van der Waals surface area contributed by atoms with Gasteiger partial charge in [0.05, 0.1) is 11.7 Å². The van der Waals surface area contributed by atoms with E-state index >= 15 is 0 Å². The van der Waals surface area contributed by atoms with Crippen LogP contribution in [0.1, 0.15) is 38.4 Å². The molecule has 1 saturated heterocycles. The molecule has 0 N–H and O–H groups in total. The maximum Gasteiger partial charge on any atom is 0.117 e. The fourth-order valence-corrected chi connectivity index (χ4v) is 3.15. The molecule has 1 aliphatic rings. The Hall–Kier alpha value is -1.06. The van der Waals surface area contributed by atoms with E-state index in [0.29, 0.717) is 12.0 Å². The van der Waals surface area contributed by atoms with Gasteiger partial charge in [-0.05, 0) is 45.4 Å². The molecule has 3 heterocycles. The van der Waals surface area contributed by atoms with Gasteiger partial charge >= 0.3 is 0 Å². The van der Waals surface area contributed by atoms with E-state index in [2.05, 4.69) is 28.1 Å². The molecule has 102 valence electrons. The lowest BCUT2D eigenvalue weighted by molar-refractivity contribution is 0.164. The van der Waals surface area contributed by atoms with Gasteiger partial charge < -0.3 is 9.30 Å². The topological polar surface area (TPSA) is 20.5 Å². The maximum absolute atomic E-state index is 6.03. The van der Waals surface area contributed by atoms with Gasteiger partial charge in [-0.3, -0.25) is 0 Å². The molecule has 1 fully saturated rings. The van der Waals surface area contributed by atoms with Crippen LogP contribution < -0.4 is 0 Å². The summed E-state index contributed by atoms with van der Waals surface area (Å²) in [6.45, 7) is 6.86. The molecule has 0 bridgehead atoms. The molecule has 3 rings (SSSR count). The zero-order valence-electron chi connectivity index (χ0n) is 11.5. The van der Waals surface area contributed by atoms with Gasteiger partial charge in [0.15, 0.2) is 0 Å². The molecule has 0 saturated carbocycles. The minimum atomic E-state index is 0.528. The molecule has 0 aliphatic carbocycles. The van der Waals surface area contributed by atoms with E-state index in [1.54, 1.807) is 0 Å². The average molecular weight is 278 g/mol. The summed E-state index contributed by atoms with van der Waals surface area (Å²) in [5, 5.41) is 0.770. The third-order valence-electron chi connectivity index (χ3n) is 4.07. The summed E-state index contributed by atoms with van der Waals surface area (Å²) in [4.78, 5) is 7.18. The Kier molecular flexibility index (Phi) is 3.50. The van der Waals surface area contributed by atoms with Crippen LogP contribution in [0.5, 0.6) is 0 Å². The Balaban J connectivity index is 1.91. The molecule has 0 spiro atoms. The highest BCUT2D eigenvalue weighted by Gasteiger charge is 2.25. The first-order valence-electron chi connectivity index (χ1n) is 7.01. The molecular formula is C15H20ClN3. The maximum atomic E-state index is 6.03. The first-order chi connectivity index (χ1) is 9.15. The molecule has 0 aromatic carbocycles. The highest BCUT2D eigenvalue weighted by molar-refractivity contribution is 6.30. The van der Waals surface area contributed by atoms with Gasteiger partial charge in [-0.1, -0.05) is 11.6 Å². The van der Waals surface area contributed by atoms with Gasteiger partial charge in [-0.2, -0.15) is 0 Å². The van der Waals surface area contributed by atoms with Crippen molar-refractivity contribution in [3.63, 3.8) is 0 Å². The fourth-order valence-electron chi connectivity index (χ4n) is 2.98. The molecule has 4 heteroatoms. The number of hydrogen-bond acceptors (Lipinski definition) is 2. The number of pyridine rings is 1. The summed E-state index contributed by atoms with van der Waals surface area (Å²) in [5.74, 6) is 1.71. The van der Waals surface area contributed by atoms with E-state index in [4.69, 9.17) is 11.6 Å². The van der Waals surface area contributed by atoms with Gasteiger partial charge in [-0.25, -0.2) is 4.98 Å². The van der Waals surface area contributed by atoms with Crippen LogP contribution in [0.2, 0.25) is 5.02 Å². The number of fused-ring (bicyclic) bond motifs is 1. The van der Waals surface area contributed by atoms with Crippen LogP contribution >= 0.6 is 11.6 Å². The van der Waals surface area contributed by atoms with Crippen LogP contribution in [-0.2, 0) is 0 Å². The SMILES string of the molecule is CC(C)N1CCCC(c2ncc3cc(Cl)ccn23)C1. The summed E-state index contributed by atoms with van der Waals surface area (Å²) < 4.78 is 2.18. The summed E-state index contributed by atoms with van der Waals surface area (Å²) in [6, 6.07) is 4.52. The van der Waals surface area contributed by atoms with Crippen molar-refractivity contribution >= 4 is 17.1 Å². The van der Waals surface area contributed by atoms with Crippen molar-refractivity contribution in [3.8, 4) is 0 Å². The minimum Gasteiger partial charge on any atom is -0.303 e. The number of rotatable bonds is 2. The number of halogens is 1. The predicted molar refractivity (Wildman–Crippen MR) is 78.9 cm³/mol. The zero-order valence-corrected chi connectivity index (χ0v) is 12.3. The van der Waals surface area contributed by atoms with Gasteiger partial charge in [0.1, 0.15) is 5.82 Å². The molecular weight excluding hydrogens is 258 g/mol. The molecule has 2 aromatic rings. The van der Waals surface area contributed by atoms with Crippen LogP contribution in [0.25, 0.3) is 5.52 Å². The lowest BCUT2D eigenvalue weighted by Gasteiger charge is -2.34. The first-order valence-corrected chi connectivity index (χ1v) is 7.39. The second-order valence-corrected chi connectivity index (χ2v) is 6.12. The van der Waals surface area contributed by atoms with Crippen molar-refractivity contribution in [2.75, 3.05) is 13.1 Å². The van der Waals surface area contributed by atoms with Gasteiger partial charge in [0.25, 0.3) is 0 Å². The van der Waals surface area contributed by atoms with Gasteiger partial charge in [-0.15, -0.1) is 0 Å². The number of imidazole rings is 1. The summed E-state index contributed by atoms with van der Waals surface area (Å²) >= 11 is 6.03. The lowest BCUT2D eigenvalue weighted by Crippen LogP contribution is -2.39. The third-order valence-corrected chi connectivity index (χ3v) is 4.31. The average Bonchev–Trinajstić information content (AvgIpc) is 2.81. The van der Waals surface area contributed by atoms with Gasteiger partial charge in [0.2, 0.25) is 0 Å². The van der Waals surface area contributed by atoms with Crippen molar-refractivity contribution in [3.05, 3.63) is 35.4 Å². The second-order valence-electron chi connectivity index (χ2n) is 5.68. The number of likely N-dealkylation sites (tertiary alicyclic amines) is 1. The summed E-state index contributed by atoms with van der Waals surface area (Å²) in [5.41, 5.74) is 1.09. The zero-order chi connectivity index (χ0) is 13.4. The van der Waals surface area contributed by atoms with E-state index in [9.17, 15) is 0 Å². The molecule has 1 unspecified atom stereocenters. The number of nitrogens with zero attached hydrogens (tertiary/aromatic N) is 3. The van der Waals surface area contributed by atoms with E-state index in [1.807, 2.05) is 24.5 Å². The molecule has 2 aromatic heterocycles. The van der Waals surface area contributed by atoms with E-state index in [0.717, 1.165) is 17.1 Å². The van der Waals surface area contributed by atoms with Crippen LogP contribution in [0.3, 0.4) is 0 Å². The predicted octanol–water partition coefficient (Wildman–Crippen LogP) is 3.58. The van der Waals surface area contributed by atoms with Crippen molar-refractivity contribution in [1.29, 1.82) is 0 Å². The Morgan fingerprint density at radius 2 is 2.26 bits per heavy atom. The highest BCUT2D eigenvalue weighted by atomic mass is 35.5. The van der Waals surface area contributed by atoms with E-state index in [-0.39, 0.29) is 0 Å². The van der Waals surface area contributed by atoms with Crippen LogP contribution in [-0.4, -0.2) is 33.4 Å². The summed E-state index contributed by atoms with van der Waals surface area (Å²) in [6.07, 6.45) is 6.44. The monoisotopic (exact) mass is 277 g/mol. The van der Waals surface area contributed by atoms with Crippen LogP contribution in [0.4, 0.5) is 0 Å². The number of aromatic nitrogens is 2. The van der Waals surface area contributed by atoms with Crippen molar-refractivity contribution in [2.24, 2.45) is 0 Å². The Morgan fingerprint density at radius 3 is 3.05 bits per heavy atom. The van der Waals surface area contributed by atoms with Crippen LogP contribution in [0.15, 0.2) is 24.5 Å². The Labute approximate surface area is 119 Å². The minimum absolute atomic E-state index is 0.528. The second kappa shape index (κ2) is 5.14. The van der Waals surface area contributed by atoms with Crippen LogP contribution in [0, 0.1) is 0 Å². The van der Waals surface area contributed by atoms with E-state index < -0.39 is 0 Å². The number of hydrogen-bond donors (Lipinski definition) is 0. The lowest BCUT2D eigenvalue weighted by atomic mass is 9.96. The third kappa shape index (κ3) is 2.49. The molecule has 0 amide bonds. The first kappa shape index (κ1) is 12.9. The fraction of sp³-hybridized carbons (Fsp3) is 0.533. The van der Waals surface area contributed by atoms with Crippen molar-refractivity contribution in [2.45, 2.75) is 38.6 Å². The quantitative estimate of drug-likeness (QED) is 0.836. The number of piperidine rings is 1. The standard InChI is InChI=1S/C15H20ClN3/c1-11(2)18-6-3-4-12(10-18)15-17-9-14-8-13(16)5-7-19(14)15/h5,7-9,11-12H,3-4,6,10H2,1-2H3. The highest BCUT2D eigenvalue weighted by Crippen LogP contribution is 2.28. The van der Waals surface area contributed by atoms with Gasteiger partial charge in [0, 0.05) is 29.7 Å². The largest absolute Gasteiger partial charge is 0.303 e. The Morgan fingerprint density at radius 1 is 1.42 bits per heavy atom. The molecule has 1 atom stereocenters. The van der Waals surface area contributed by atoms with E-state index in [1.165, 1.54) is 25.2 Å². The van der Waals surface area contributed by atoms with Crippen molar-refractivity contribution in [1.82, 2.24) is 14.3 Å². The smallest absolute Gasteiger partial charge is 0.117 e.